The van der Waals surface area contributed by atoms with Crippen molar-refractivity contribution in [3.63, 3.8) is 0 Å². The maximum absolute atomic E-state index is 12.6. The topological polar surface area (TPSA) is 39.5 Å². The molecule has 0 radical (unpaired) electrons. The summed E-state index contributed by atoms with van der Waals surface area (Å²) in [6, 6.07) is 0.968. The molecule has 2 atom stereocenters. The van der Waals surface area contributed by atoms with E-state index in [9.17, 15) is 13.2 Å². The Hall–Kier alpha value is -1.28. The van der Waals surface area contributed by atoms with E-state index >= 15 is 0 Å². The molecule has 2 heterocycles. The Bertz CT molecular complexity index is 527. The number of nitrogens with zero attached hydrogens (tertiary/aromatic N) is 3. The number of aryl methyl sites for hydroxylation is 1. The van der Waals surface area contributed by atoms with E-state index in [0.717, 1.165) is 56.4 Å². The molecule has 0 unspecified atom stereocenters. The van der Waals surface area contributed by atoms with Crippen LogP contribution in [0.25, 0.3) is 0 Å². The predicted octanol–water partition coefficient (Wildman–Crippen LogP) is 2.18. The van der Waals surface area contributed by atoms with Crippen LogP contribution < -0.4 is 4.74 Å². The SMILES string of the molecule is Cn1nc(C(F)(F)F)cc1OC[C@@H]1CC[C@@H]1CN1CCOCC1. The molecule has 0 bridgehead atoms. The number of alkyl halides is 3. The minimum atomic E-state index is -4.44. The lowest BCUT2D eigenvalue weighted by Crippen LogP contribution is -2.44. The molecule has 1 saturated carbocycles. The summed E-state index contributed by atoms with van der Waals surface area (Å²) in [4.78, 5) is 2.39. The van der Waals surface area contributed by atoms with E-state index in [4.69, 9.17) is 9.47 Å². The lowest BCUT2D eigenvalue weighted by molar-refractivity contribution is -0.141. The number of hydrogen-bond acceptors (Lipinski definition) is 4. The Kier molecular flexibility index (Phi) is 4.82. The third-order valence-corrected chi connectivity index (χ3v) is 4.74. The van der Waals surface area contributed by atoms with Crippen LogP contribution in [0.1, 0.15) is 18.5 Å². The second kappa shape index (κ2) is 6.68. The average Bonchev–Trinajstić information content (AvgIpc) is 2.86. The van der Waals surface area contributed by atoms with Crippen molar-refractivity contribution in [2.24, 2.45) is 18.9 Å². The maximum Gasteiger partial charge on any atom is 0.435 e. The number of rotatable bonds is 5. The van der Waals surface area contributed by atoms with Gasteiger partial charge in [-0.2, -0.15) is 18.3 Å². The summed E-state index contributed by atoms with van der Waals surface area (Å²) < 4.78 is 50.0. The first-order valence-corrected chi connectivity index (χ1v) is 7.97. The second-order valence-corrected chi connectivity index (χ2v) is 6.31. The zero-order valence-corrected chi connectivity index (χ0v) is 13.2. The molecule has 1 aromatic heterocycles. The van der Waals surface area contributed by atoms with Gasteiger partial charge in [-0.05, 0) is 24.7 Å². The van der Waals surface area contributed by atoms with Crippen molar-refractivity contribution in [3.8, 4) is 5.88 Å². The number of ether oxygens (including phenoxy) is 2. The molecule has 5 nitrogen and oxygen atoms in total. The summed E-state index contributed by atoms with van der Waals surface area (Å²) in [7, 11) is 1.47. The molecule has 0 amide bonds. The lowest BCUT2D eigenvalue weighted by atomic mass is 9.74. The van der Waals surface area contributed by atoms with Crippen molar-refractivity contribution in [1.82, 2.24) is 14.7 Å². The van der Waals surface area contributed by atoms with Crippen molar-refractivity contribution in [2.45, 2.75) is 19.0 Å². The zero-order chi connectivity index (χ0) is 16.4. The molecular weight excluding hydrogens is 311 g/mol. The standard InChI is InChI=1S/C15H22F3N3O2/c1-20-14(8-13(19-20)15(16,17)18)23-10-12-3-2-11(12)9-21-4-6-22-7-5-21/h8,11-12H,2-7,9-10H2,1H3/t11-,12+/m1/s1. The first kappa shape index (κ1) is 16.6. The van der Waals surface area contributed by atoms with Gasteiger partial charge in [-0.1, -0.05) is 0 Å². The summed E-state index contributed by atoms with van der Waals surface area (Å²) in [6.45, 7) is 4.95. The fraction of sp³-hybridized carbons (Fsp3) is 0.800. The van der Waals surface area contributed by atoms with Gasteiger partial charge in [0.05, 0.1) is 19.8 Å². The van der Waals surface area contributed by atoms with Crippen LogP contribution in [-0.2, 0) is 18.0 Å². The fourth-order valence-corrected chi connectivity index (χ4v) is 3.13. The van der Waals surface area contributed by atoms with E-state index in [2.05, 4.69) is 10.00 Å². The van der Waals surface area contributed by atoms with Gasteiger partial charge in [-0.25, -0.2) is 4.68 Å². The van der Waals surface area contributed by atoms with E-state index in [0.29, 0.717) is 18.4 Å². The molecule has 1 saturated heterocycles. The summed E-state index contributed by atoms with van der Waals surface area (Å²) in [5.74, 6) is 1.14. The quantitative estimate of drug-likeness (QED) is 0.828. The van der Waals surface area contributed by atoms with Crippen molar-refractivity contribution in [1.29, 1.82) is 0 Å². The van der Waals surface area contributed by atoms with Gasteiger partial charge in [0.15, 0.2) is 5.69 Å². The van der Waals surface area contributed by atoms with Crippen molar-refractivity contribution < 1.29 is 22.6 Å². The molecule has 0 N–H and O–H groups in total. The monoisotopic (exact) mass is 333 g/mol. The van der Waals surface area contributed by atoms with Crippen LogP contribution in [-0.4, -0.2) is 54.1 Å². The smallest absolute Gasteiger partial charge is 0.435 e. The van der Waals surface area contributed by atoms with Gasteiger partial charge in [0.2, 0.25) is 5.88 Å². The van der Waals surface area contributed by atoms with Gasteiger partial charge in [0, 0.05) is 32.7 Å². The van der Waals surface area contributed by atoms with Crippen LogP contribution >= 0.6 is 0 Å². The minimum absolute atomic E-state index is 0.175. The van der Waals surface area contributed by atoms with Gasteiger partial charge in [0.1, 0.15) is 0 Å². The first-order valence-electron chi connectivity index (χ1n) is 7.97. The minimum Gasteiger partial charge on any atom is -0.478 e. The molecule has 1 aliphatic heterocycles. The van der Waals surface area contributed by atoms with Crippen LogP contribution in [0.5, 0.6) is 5.88 Å². The van der Waals surface area contributed by atoms with E-state index < -0.39 is 11.9 Å². The Morgan fingerprint density at radius 1 is 1.26 bits per heavy atom. The predicted molar refractivity (Wildman–Crippen MR) is 77.2 cm³/mol. The van der Waals surface area contributed by atoms with E-state index in [-0.39, 0.29) is 5.88 Å². The Balaban J connectivity index is 1.49. The molecule has 3 rings (SSSR count). The highest BCUT2D eigenvalue weighted by atomic mass is 19.4. The molecule has 23 heavy (non-hydrogen) atoms. The number of hydrogen-bond donors (Lipinski definition) is 0. The molecule has 0 aromatic carbocycles. The van der Waals surface area contributed by atoms with Crippen molar-refractivity contribution >= 4 is 0 Å². The Labute approximate surface area is 133 Å². The lowest BCUT2D eigenvalue weighted by Gasteiger charge is -2.40. The van der Waals surface area contributed by atoms with Crippen molar-refractivity contribution in [3.05, 3.63) is 11.8 Å². The zero-order valence-electron chi connectivity index (χ0n) is 13.2. The molecular formula is C15H22F3N3O2. The molecule has 1 aromatic rings. The van der Waals surface area contributed by atoms with Crippen LogP contribution in [0.15, 0.2) is 6.07 Å². The summed E-state index contributed by atoms with van der Waals surface area (Å²) in [6.07, 6.45) is -2.21. The summed E-state index contributed by atoms with van der Waals surface area (Å²) in [5.41, 5.74) is -0.909. The second-order valence-electron chi connectivity index (χ2n) is 6.31. The van der Waals surface area contributed by atoms with Crippen LogP contribution in [0.4, 0.5) is 13.2 Å². The van der Waals surface area contributed by atoms with Gasteiger partial charge >= 0.3 is 6.18 Å². The third-order valence-electron chi connectivity index (χ3n) is 4.74. The van der Waals surface area contributed by atoms with Gasteiger partial charge in [0.25, 0.3) is 0 Å². The van der Waals surface area contributed by atoms with Gasteiger partial charge in [-0.15, -0.1) is 0 Å². The molecule has 1 aliphatic carbocycles. The maximum atomic E-state index is 12.6. The molecule has 8 heteroatoms. The Morgan fingerprint density at radius 3 is 2.52 bits per heavy atom. The summed E-state index contributed by atoms with van der Waals surface area (Å²) >= 11 is 0. The van der Waals surface area contributed by atoms with E-state index in [1.165, 1.54) is 7.05 Å². The number of morpholine rings is 1. The van der Waals surface area contributed by atoms with Gasteiger partial charge in [-0.3, -0.25) is 4.90 Å². The fourth-order valence-electron chi connectivity index (χ4n) is 3.13. The molecule has 2 fully saturated rings. The molecule has 130 valence electrons. The normalized spacial score (nSPS) is 26.1. The molecule has 0 spiro atoms. The van der Waals surface area contributed by atoms with Crippen LogP contribution in [0.2, 0.25) is 0 Å². The number of aromatic nitrogens is 2. The van der Waals surface area contributed by atoms with Crippen molar-refractivity contribution in [2.75, 3.05) is 39.5 Å². The van der Waals surface area contributed by atoms with Gasteiger partial charge < -0.3 is 9.47 Å². The van der Waals surface area contributed by atoms with E-state index in [1.54, 1.807) is 0 Å². The highest BCUT2D eigenvalue weighted by molar-refractivity contribution is 5.18. The summed E-state index contributed by atoms with van der Waals surface area (Å²) in [5, 5.41) is 3.46. The number of halogens is 3. The van der Waals surface area contributed by atoms with Crippen LogP contribution in [0.3, 0.4) is 0 Å². The third kappa shape index (κ3) is 3.98. The Morgan fingerprint density at radius 2 is 1.96 bits per heavy atom. The first-order chi connectivity index (χ1) is 10.9. The van der Waals surface area contributed by atoms with E-state index in [1.807, 2.05) is 0 Å². The largest absolute Gasteiger partial charge is 0.478 e. The average molecular weight is 333 g/mol. The highest BCUT2D eigenvalue weighted by Gasteiger charge is 2.36. The van der Waals surface area contributed by atoms with Crippen LogP contribution in [0, 0.1) is 11.8 Å². The molecule has 2 aliphatic rings. The highest BCUT2D eigenvalue weighted by Crippen LogP contribution is 2.36.